The summed E-state index contributed by atoms with van der Waals surface area (Å²) >= 11 is 0. The van der Waals surface area contributed by atoms with Crippen LogP contribution in [0.5, 0.6) is 0 Å². The zero-order chi connectivity index (χ0) is 18.3. The number of hydrogen-bond acceptors (Lipinski definition) is 4. The van der Waals surface area contributed by atoms with Gasteiger partial charge in [0.25, 0.3) is 0 Å². The minimum absolute atomic E-state index is 0.774. The first kappa shape index (κ1) is 21.3. The molecule has 0 unspecified atom stereocenters. The minimum Gasteiger partial charge on any atom is -0.411 e. The van der Waals surface area contributed by atoms with Gasteiger partial charge in [-0.2, -0.15) is 0 Å². The van der Waals surface area contributed by atoms with E-state index in [9.17, 15) is 5.21 Å². The zero-order valence-corrected chi connectivity index (χ0v) is 16.8. The smallest absolute Gasteiger partial charge is 0.102 e. The second-order valence-electron chi connectivity index (χ2n) is 7.87. The summed E-state index contributed by atoms with van der Waals surface area (Å²) in [5, 5.41) is 13.3. The Balaban J connectivity index is 1.93. The van der Waals surface area contributed by atoms with Gasteiger partial charge in [-0.3, -0.25) is 0 Å². The van der Waals surface area contributed by atoms with E-state index in [1.807, 2.05) is 0 Å². The van der Waals surface area contributed by atoms with Crippen LogP contribution in [0.3, 0.4) is 0 Å². The van der Waals surface area contributed by atoms with Crippen molar-refractivity contribution < 1.29 is 9.94 Å². The molecule has 1 N–H and O–H groups in total. The Bertz CT molecular complexity index is 414. The summed E-state index contributed by atoms with van der Waals surface area (Å²) in [6.07, 6.45) is 21.7. The largest absolute Gasteiger partial charge is 0.411 e. The summed E-state index contributed by atoms with van der Waals surface area (Å²) in [5.41, 5.74) is 2.05. The average molecular weight is 365 g/mol. The highest BCUT2D eigenvalue weighted by Crippen LogP contribution is 2.19. The molecule has 0 amide bonds. The topological polar surface area (TPSA) is 45.1 Å². The minimum atomic E-state index is 0.774. The summed E-state index contributed by atoms with van der Waals surface area (Å²) in [6, 6.07) is 0. The number of nitrogens with zero attached hydrogens (tertiary/aromatic N) is 2. The van der Waals surface area contributed by atoms with Crippen molar-refractivity contribution in [1.82, 2.24) is 4.90 Å². The second-order valence-corrected chi connectivity index (χ2v) is 7.87. The van der Waals surface area contributed by atoms with Gasteiger partial charge < -0.3 is 14.8 Å². The van der Waals surface area contributed by atoms with Gasteiger partial charge in [0.15, 0.2) is 0 Å². The number of allylic oxidation sites excluding steroid dienone is 2. The van der Waals surface area contributed by atoms with Gasteiger partial charge in [-0.25, -0.2) is 0 Å². The third-order valence-electron chi connectivity index (χ3n) is 5.72. The fourth-order valence-corrected chi connectivity index (χ4v) is 4.08. The van der Waals surface area contributed by atoms with Crippen molar-refractivity contribution in [2.45, 2.75) is 96.3 Å². The Morgan fingerprint density at radius 2 is 1.23 bits per heavy atom. The molecule has 2 rings (SSSR count). The Morgan fingerprint density at radius 3 is 1.77 bits per heavy atom. The van der Waals surface area contributed by atoms with Crippen LogP contribution in [0.4, 0.5) is 0 Å². The first-order valence-electron chi connectivity index (χ1n) is 11.2. The molecular weight excluding hydrogens is 324 g/mol. The molecule has 4 heteroatoms. The van der Waals surface area contributed by atoms with Gasteiger partial charge in [-0.15, -0.1) is 0 Å². The van der Waals surface area contributed by atoms with Crippen LogP contribution in [0.15, 0.2) is 16.9 Å². The van der Waals surface area contributed by atoms with E-state index in [-0.39, 0.29) is 0 Å². The number of rotatable bonds is 1. The highest BCUT2D eigenvalue weighted by molar-refractivity contribution is 5.99. The normalized spacial score (nSPS) is 25.3. The number of hydrogen-bond donors (Lipinski definition) is 1. The van der Waals surface area contributed by atoms with Crippen LogP contribution in [-0.4, -0.2) is 42.1 Å². The summed E-state index contributed by atoms with van der Waals surface area (Å²) in [5.74, 6) is 0. The van der Waals surface area contributed by atoms with Crippen LogP contribution in [0, 0.1) is 0 Å². The van der Waals surface area contributed by atoms with Crippen molar-refractivity contribution in [1.29, 1.82) is 0 Å². The van der Waals surface area contributed by atoms with E-state index in [1.165, 1.54) is 77.0 Å². The SMILES string of the molecule is ON=C1CCCCCCCCCCCCCCCC=C1N1CCOCC1. The van der Waals surface area contributed by atoms with Crippen molar-refractivity contribution in [3.63, 3.8) is 0 Å². The van der Waals surface area contributed by atoms with Crippen LogP contribution in [0.25, 0.3) is 0 Å². The number of ether oxygens (including phenoxy) is 1. The molecule has 0 spiro atoms. The predicted octanol–water partition coefficient (Wildman–Crippen LogP) is 5.90. The number of morpholine rings is 1. The monoisotopic (exact) mass is 364 g/mol. The molecule has 1 fully saturated rings. The van der Waals surface area contributed by atoms with Gasteiger partial charge in [-0.1, -0.05) is 81.9 Å². The Labute approximate surface area is 160 Å². The van der Waals surface area contributed by atoms with E-state index < -0.39 is 0 Å². The van der Waals surface area contributed by atoms with E-state index in [0.717, 1.165) is 57.0 Å². The molecule has 0 radical (unpaired) electrons. The Hall–Kier alpha value is -1.03. The van der Waals surface area contributed by atoms with Gasteiger partial charge in [0.05, 0.1) is 18.9 Å². The van der Waals surface area contributed by atoms with Crippen molar-refractivity contribution in [2.75, 3.05) is 26.3 Å². The second kappa shape index (κ2) is 14.1. The summed E-state index contributed by atoms with van der Waals surface area (Å²) in [7, 11) is 0. The van der Waals surface area contributed by atoms with E-state index in [2.05, 4.69) is 16.1 Å². The van der Waals surface area contributed by atoms with Crippen LogP contribution in [0.2, 0.25) is 0 Å². The maximum Gasteiger partial charge on any atom is 0.102 e. The lowest BCUT2D eigenvalue weighted by molar-refractivity contribution is 0.0560. The molecule has 2 aliphatic rings. The Morgan fingerprint density at radius 1 is 0.731 bits per heavy atom. The van der Waals surface area contributed by atoms with Crippen molar-refractivity contribution in [3.8, 4) is 0 Å². The summed E-state index contributed by atoms with van der Waals surface area (Å²) < 4.78 is 5.50. The molecule has 0 aromatic heterocycles. The maximum absolute atomic E-state index is 9.64. The first-order chi connectivity index (χ1) is 12.9. The lowest BCUT2D eigenvalue weighted by Crippen LogP contribution is -2.38. The van der Waals surface area contributed by atoms with Gasteiger partial charge in [-0.05, 0) is 25.7 Å². The van der Waals surface area contributed by atoms with E-state index in [1.54, 1.807) is 0 Å². The van der Waals surface area contributed by atoms with Crippen molar-refractivity contribution in [3.05, 3.63) is 11.8 Å². The van der Waals surface area contributed by atoms with Gasteiger partial charge >= 0.3 is 0 Å². The molecule has 1 aliphatic carbocycles. The fraction of sp³-hybridized carbons (Fsp3) is 0.864. The summed E-state index contributed by atoms with van der Waals surface area (Å²) in [6.45, 7) is 3.36. The fourth-order valence-electron chi connectivity index (χ4n) is 4.08. The molecule has 0 aromatic rings. The van der Waals surface area contributed by atoms with Crippen LogP contribution < -0.4 is 0 Å². The summed E-state index contributed by atoms with van der Waals surface area (Å²) in [4.78, 5) is 2.36. The van der Waals surface area contributed by atoms with Crippen molar-refractivity contribution in [2.24, 2.45) is 5.16 Å². The zero-order valence-electron chi connectivity index (χ0n) is 16.8. The average Bonchev–Trinajstić information content (AvgIpc) is 2.68. The van der Waals surface area contributed by atoms with E-state index in [0.29, 0.717) is 0 Å². The lowest BCUT2D eigenvalue weighted by Gasteiger charge is -2.31. The van der Waals surface area contributed by atoms with Crippen molar-refractivity contribution >= 4 is 5.71 Å². The third-order valence-corrected chi connectivity index (χ3v) is 5.72. The molecule has 0 atom stereocenters. The van der Waals surface area contributed by atoms with Crippen LogP contribution in [0.1, 0.15) is 96.3 Å². The standard InChI is InChI=1S/C22H40N2O2/c25-23-21-15-13-11-9-7-5-3-1-2-4-6-8-10-12-14-16-22(21)24-17-19-26-20-18-24/h16,25H,1-15,17-20H2. The maximum atomic E-state index is 9.64. The van der Waals surface area contributed by atoms with E-state index >= 15 is 0 Å². The molecular formula is C22H40N2O2. The third kappa shape index (κ3) is 8.57. The molecule has 1 heterocycles. The van der Waals surface area contributed by atoms with E-state index in [4.69, 9.17) is 4.74 Å². The molecule has 4 nitrogen and oxygen atoms in total. The Kier molecular flexibility index (Phi) is 11.5. The van der Waals surface area contributed by atoms with Crippen LogP contribution >= 0.6 is 0 Å². The molecule has 26 heavy (non-hydrogen) atoms. The van der Waals surface area contributed by atoms with Crippen LogP contribution in [-0.2, 0) is 4.74 Å². The number of oxime groups is 1. The molecule has 0 aromatic carbocycles. The lowest BCUT2D eigenvalue weighted by atomic mass is 10.0. The first-order valence-corrected chi connectivity index (χ1v) is 11.2. The molecule has 1 saturated heterocycles. The molecule has 0 bridgehead atoms. The highest BCUT2D eigenvalue weighted by Gasteiger charge is 2.18. The predicted molar refractivity (Wildman–Crippen MR) is 109 cm³/mol. The van der Waals surface area contributed by atoms with Gasteiger partial charge in [0.1, 0.15) is 5.71 Å². The molecule has 0 saturated carbocycles. The molecule has 1 aliphatic heterocycles. The highest BCUT2D eigenvalue weighted by atomic mass is 16.5. The van der Waals surface area contributed by atoms with Gasteiger partial charge in [0.2, 0.25) is 0 Å². The van der Waals surface area contributed by atoms with Gasteiger partial charge in [0, 0.05) is 13.1 Å². The quantitative estimate of drug-likeness (QED) is 0.465. The molecule has 150 valence electrons.